The Morgan fingerprint density at radius 2 is 1.79 bits per heavy atom. The Hall–Kier alpha value is -2.52. The Morgan fingerprint density at radius 3 is 2.41 bits per heavy atom. The van der Waals surface area contributed by atoms with Crippen molar-refractivity contribution < 1.29 is 31.1 Å². The summed E-state index contributed by atoms with van der Waals surface area (Å²) in [5, 5.41) is 0. The van der Waals surface area contributed by atoms with Gasteiger partial charge >= 0.3 is 12.4 Å². The van der Waals surface area contributed by atoms with Crippen LogP contribution in [0.1, 0.15) is 42.7 Å². The number of benzene rings is 1. The second-order valence-corrected chi connectivity index (χ2v) is 6.93. The number of rotatable bonds is 5. The van der Waals surface area contributed by atoms with Gasteiger partial charge in [0, 0.05) is 18.9 Å². The first-order chi connectivity index (χ1) is 13.5. The van der Waals surface area contributed by atoms with Crippen LogP contribution in [-0.4, -0.2) is 29.8 Å². The molecule has 0 amide bonds. The monoisotopic (exact) mass is 419 g/mol. The first-order valence-corrected chi connectivity index (χ1v) is 9.02. The minimum absolute atomic E-state index is 0.196. The Labute approximate surface area is 163 Å². The van der Waals surface area contributed by atoms with Crippen molar-refractivity contribution in [1.82, 2.24) is 9.97 Å². The second kappa shape index (κ2) is 8.08. The smallest absolute Gasteiger partial charge is 0.423 e. The van der Waals surface area contributed by atoms with E-state index in [2.05, 4.69) is 14.7 Å². The van der Waals surface area contributed by atoms with Crippen LogP contribution in [0.3, 0.4) is 0 Å². The number of hydrogen-bond acceptors (Lipinski definition) is 4. The molecule has 0 aliphatic heterocycles. The van der Waals surface area contributed by atoms with E-state index in [0.717, 1.165) is 31.2 Å². The van der Waals surface area contributed by atoms with Crippen LogP contribution in [0.25, 0.3) is 0 Å². The third-order valence-electron chi connectivity index (χ3n) is 4.80. The number of nitrogens with zero attached hydrogens (tertiary/aromatic N) is 3. The maximum atomic E-state index is 13.1. The summed E-state index contributed by atoms with van der Waals surface area (Å²) in [6.45, 7) is -1.88. The fourth-order valence-corrected chi connectivity index (χ4v) is 3.34. The summed E-state index contributed by atoms with van der Waals surface area (Å²) < 4.78 is 80.9. The van der Waals surface area contributed by atoms with Crippen LogP contribution in [-0.2, 0) is 6.18 Å². The van der Waals surface area contributed by atoms with Gasteiger partial charge < -0.3 is 9.64 Å². The zero-order chi connectivity index (χ0) is 21.2. The van der Waals surface area contributed by atoms with Gasteiger partial charge in [0.15, 0.2) is 6.61 Å². The lowest BCUT2D eigenvalue weighted by molar-refractivity contribution is -0.159. The molecule has 0 radical (unpaired) electrons. The average Bonchev–Trinajstić information content (AvgIpc) is 3.19. The highest BCUT2D eigenvalue weighted by Gasteiger charge is 2.38. The summed E-state index contributed by atoms with van der Waals surface area (Å²) in [7, 11) is 1.53. The first-order valence-electron chi connectivity index (χ1n) is 9.02. The summed E-state index contributed by atoms with van der Waals surface area (Å²) in [5.74, 6) is -0.931. The van der Waals surface area contributed by atoms with Crippen molar-refractivity contribution in [1.29, 1.82) is 0 Å². The fraction of sp³-hybridized carbons (Fsp3) is 0.474. The highest BCUT2D eigenvalue weighted by atomic mass is 19.4. The zero-order valence-corrected chi connectivity index (χ0v) is 15.5. The lowest BCUT2D eigenvalue weighted by Gasteiger charge is -2.21. The Balaban J connectivity index is 1.90. The van der Waals surface area contributed by atoms with Crippen LogP contribution in [0.2, 0.25) is 0 Å². The summed E-state index contributed by atoms with van der Waals surface area (Å²) in [6, 6.07) is 7.44. The van der Waals surface area contributed by atoms with E-state index in [1.165, 1.54) is 11.9 Å². The van der Waals surface area contributed by atoms with Crippen molar-refractivity contribution in [3.05, 3.63) is 41.6 Å². The third-order valence-corrected chi connectivity index (χ3v) is 4.80. The van der Waals surface area contributed by atoms with E-state index in [9.17, 15) is 26.3 Å². The lowest BCUT2D eigenvalue weighted by atomic mass is 9.97. The van der Waals surface area contributed by atoms with Crippen molar-refractivity contribution in [3.8, 4) is 5.88 Å². The maximum Gasteiger partial charge on any atom is 0.423 e. The molecule has 1 aliphatic carbocycles. The molecule has 1 heterocycles. The summed E-state index contributed by atoms with van der Waals surface area (Å²) >= 11 is 0. The van der Waals surface area contributed by atoms with Gasteiger partial charge in [0.25, 0.3) is 0 Å². The molecule has 1 aromatic carbocycles. The fourth-order valence-electron chi connectivity index (χ4n) is 3.34. The number of hydrogen-bond donors (Lipinski definition) is 0. The van der Waals surface area contributed by atoms with E-state index in [4.69, 9.17) is 0 Å². The van der Waals surface area contributed by atoms with Gasteiger partial charge in [-0.25, -0.2) is 4.98 Å². The van der Waals surface area contributed by atoms with Crippen LogP contribution in [0.15, 0.2) is 30.5 Å². The van der Waals surface area contributed by atoms with Crippen LogP contribution >= 0.6 is 0 Å². The largest absolute Gasteiger partial charge is 0.467 e. The molecule has 0 atom stereocenters. The molecule has 1 saturated carbocycles. The van der Waals surface area contributed by atoms with Crippen molar-refractivity contribution in [2.75, 3.05) is 18.6 Å². The molecule has 29 heavy (non-hydrogen) atoms. The van der Waals surface area contributed by atoms with Crippen LogP contribution in [0.5, 0.6) is 5.88 Å². The Morgan fingerprint density at radius 1 is 1.10 bits per heavy atom. The van der Waals surface area contributed by atoms with Gasteiger partial charge in [-0.05, 0) is 36.5 Å². The van der Waals surface area contributed by atoms with Crippen LogP contribution in [0.4, 0.5) is 38.0 Å². The van der Waals surface area contributed by atoms with Gasteiger partial charge in [0.2, 0.25) is 11.8 Å². The van der Waals surface area contributed by atoms with E-state index in [1.54, 1.807) is 6.07 Å². The minimum atomic E-state index is -4.94. The first kappa shape index (κ1) is 21.2. The molecule has 3 rings (SSSR count). The van der Waals surface area contributed by atoms with Gasteiger partial charge in [-0.1, -0.05) is 25.0 Å². The van der Waals surface area contributed by atoms with E-state index in [-0.39, 0.29) is 5.95 Å². The van der Waals surface area contributed by atoms with Crippen LogP contribution < -0.4 is 9.64 Å². The predicted molar refractivity (Wildman–Crippen MR) is 94.3 cm³/mol. The SMILES string of the molecule is CN(c1cccc(C2CCCC2)c1)c1ncc(C(F)(F)F)c(OCC(F)(F)F)n1. The minimum Gasteiger partial charge on any atom is -0.467 e. The molecule has 0 spiro atoms. The van der Waals surface area contributed by atoms with Crippen molar-refractivity contribution in [3.63, 3.8) is 0 Å². The zero-order valence-electron chi connectivity index (χ0n) is 15.5. The lowest BCUT2D eigenvalue weighted by Crippen LogP contribution is -2.23. The van der Waals surface area contributed by atoms with E-state index in [0.29, 0.717) is 17.8 Å². The second-order valence-electron chi connectivity index (χ2n) is 6.93. The Kier molecular flexibility index (Phi) is 5.90. The molecule has 0 unspecified atom stereocenters. The van der Waals surface area contributed by atoms with Gasteiger partial charge in [0.1, 0.15) is 5.56 Å². The molecule has 10 heteroatoms. The number of anilines is 2. The molecule has 2 aromatic rings. The van der Waals surface area contributed by atoms with Gasteiger partial charge in [-0.2, -0.15) is 31.3 Å². The maximum absolute atomic E-state index is 13.1. The normalized spacial score (nSPS) is 15.6. The molecule has 158 valence electrons. The number of alkyl halides is 6. The Bertz CT molecular complexity index is 847. The quantitative estimate of drug-likeness (QED) is 0.569. The molecular weight excluding hydrogens is 400 g/mol. The molecule has 1 aromatic heterocycles. The van der Waals surface area contributed by atoms with Crippen molar-refractivity contribution in [2.45, 2.75) is 44.0 Å². The van der Waals surface area contributed by atoms with Crippen molar-refractivity contribution >= 4 is 11.6 Å². The molecule has 0 N–H and O–H groups in total. The number of halogens is 6. The van der Waals surface area contributed by atoms with Gasteiger partial charge in [-0.3, -0.25) is 0 Å². The predicted octanol–water partition coefficient (Wildman–Crippen LogP) is 5.86. The highest BCUT2D eigenvalue weighted by Crippen LogP contribution is 2.38. The van der Waals surface area contributed by atoms with E-state index >= 15 is 0 Å². The number of aromatic nitrogens is 2. The molecule has 1 fully saturated rings. The van der Waals surface area contributed by atoms with E-state index < -0.39 is 30.4 Å². The topological polar surface area (TPSA) is 38.2 Å². The summed E-state index contributed by atoms with van der Waals surface area (Å²) in [4.78, 5) is 8.72. The van der Waals surface area contributed by atoms with Gasteiger partial charge in [-0.15, -0.1) is 0 Å². The standard InChI is InChI=1S/C19H19F6N3O/c1-28(14-8-4-7-13(9-14)12-5-2-3-6-12)17-26-10-15(19(23,24)25)16(27-17)29-11-18(20,21)22/h4,7-10,12H,2-3,5-6,11H2,1H3. The van der Waals surface area contributed by atoms with Crippen LogP contribution in [0, 0.1) is 0 Å². The third kappa shape index (κ3) is 5.30. The highest BCUT2D eigenvalue weighted by molar-refractivity contribution is 5.58. The molecule has 0 bridgehead atoms. The molecule has 0 saturated heterocycles. The number of ether oxygens (including phenoxy) is 1. The molecule has 4 nitrogen and oxygen atoms in total. The molecule has 1 aliphatic rings. The van der Waals surface area contributed by atoms with E-state index in [1.807, 2.05) is 18.2 Å². The average molecular weight is 419 g/mol. The van der Waals surface area contributed by atoms with Gasteiger partial charge in [0.05, 0.1) is 0 Å². The molecular formula is C19H19F6N3O. The summed E-state index contributed by atoms with van der Waals surface area (Å²) in [5.41, 5.74) is 0.266. The van der Waals surface area contributed by atoms with Crippen molar-refractivity contribution in [2.24, 2.45) is 0 Å². The summed E-state index contributed by atoms with van der Waals surface area (Å²) in [6.07, 6.45) is -4.88.